The average molecular weight is 330 g/mol. The fourth-order valence-electron chi connectivity index (χ4n) is 2.24. The van der Waals surface area contributed by atoms with Crippen molar-refractivity contribution in [3.63, 3.8) is 0 Å². The lowest BCUT2D eigenvalue weighted by atomic mass is 10.2. The highest BCUT2D eigenvalue weighted by molar-refractivity contribution is 7.15. The molecule has 2 heterocycles. The van der Waals surface area contributed by atoms with Crippen molar-refractivity contribution < 1.29 is 23.0 Å². The zero-order chi connectivity index (χ0) is 15.7. The summed E-state index contributed by atoms with van der Waals surface area (Å²) in [6.45, 7) is 0.489. The number of nitrogens with zero attached hydrogens (tertiary/aromatic N) is 2. The molecule has 1 aliphatic rings. The molecule has 1 aliphatic heterocycles. The monoisotopic (exact) mass is 330 g/mol. The number of hydrogen-bond donors (Lipinski definition) is 1. The third kappa shape index (κ3) is 3.17. The maximum atomic E-state index is 12.6. The molecule has 0 aliphatic carbocycles. The molecule has 1 saturated heterocycles. The second-order valence-electron chi connectivity index (χ2n) is 4.95. The minimum Gasteiger partial charge on any atom is -0.486 e. The van der Waals surface area contributed by atoms with Crippen LogP contribution in [0.3, 0.4) is 0 Å². The van der Waals surface area contributed by atoms with E-state index < -0.39 is 23.3 Å². The topological polar surface area (TPSA) is 45.6 Å². The predicted octanol–water partition coefficient (Wildman–Crippen LogP) is 2.79. The van der Waals surface area contributed by atoms with Crippen LogP contribution in [0, 0.1) is 0 Å². The molecule has 0 amide bonds. The van der Waals surface area contributed by atoms with Crippen molar-refractivity contribution in [2.24, 2.45) is 0 Å². The van der Waals surface area contributed by atoms with E-state index in [9.17, 15) is 18.3 Å². The zero-order valence-corrected chi connectivity index (χ0v) is 12.1. The fourth-order valence-corrected chi connectivity index (χ4v) is 3.05. The lowest BCUT2D eigenvalue weighted by molar-refractivity contribution is -0.134. The van der Waals surface area contributed by atoms with Crippen molar-refractivity contribution in [2.75, 3.05) is 18.0 Å². The molecule has 1 aromatic heterocycles. The SMILES string of the molecule is O[C@@H]1CN(c2ncc(C(F)(F)F)s2)C[C@H]1Oc1ccccc1. The van der Waals surface area contributed by atoms with Crippen LogP contribution in [-0.4, -0.2) is 35.4 Å². The average Bonchev–Trinajstić information content (AvgIpc) is 3.07. The highest BCUT2D eigenvalue weighted by atomic mass is 32.1. The van der Waals surface area contributed by atoms with Crippen molar-refractivity contribution in [3.8, 4) is 5.75 Å². The Hall–Kier alpha value is -1.80. The summed E-state index contributed by atoms with van der Waals surface area (Å²) in [7, 11) is 0. The summed E-state index contributed by atoms with van der Waals surface area (Å²) in [5.74, 6) is 0.614. The molecule has 22 heavy (non-hydrogen) atoms. The van der Waals surface area contributed by atoms with Crippen LogP contribution < -0.4 is 9.64 Å². The first-order valence-corrected chi connectivity index (χ1v) is 7.43. The van der Waals surface area contributed by atoms with Gasteiger partial charge in [0.1, 0.15) is 22.8 Å². The lowest BCUT2D eigenvalue weighted by Gasteiger charge is -2.16. The molecule has 4 nitrogen and oxygen atoms in total. The van der Waals surface area contributed by atoms with E-state index in [1.54, 1.807) is 17.0 Å². The van der Waals surface area contributed by atoms with Gasteiger partial charge in [-0.1, -0.05) is 29.5 Å². The highest BCUT2D eigenvalue weighted by Gasteiger charge is 2.37. The number of thiazole rings is 1. The standard InChI is InChI=1S/C14H13F3N2O2S/c15-14(16,17)12-6-18-13(22-12)19-7-10(20)11(8-19)21-9-4-2-1-3-5-9/h1-6,10-11,20H,7-8H2/t10-,11-/m1/s1. The summed E-state index contributed by atoms with van der Waals surface area (Å²) >= 11 is 0.571. The molecule has 0 radical (unpaired) electrons. The van der Waals surface area contributed by atoms with E-state index in [0.717, 1.165) is 6.20 Å². The first kappa shape index (κ1) is 15.1. The van der Waals surface area contributed by atoms with Gasteiger partial charge < -0.3 is 14.7 Å². The Morgan fingerprint density at radius 2 is 1.95 bits per heavy atom. The summed E-state index contributed by atoms with van der Waals surface area (Å²) in [6.07, 6.45) is -4.86. The van der Waals surface area contributed by atoms with E-state index in [-0.39, 0.29) is 11.7 Å². The second kappa shape index (κ2) is 5.77. The summed E-state index contributed by atoms with van der Waals surface area (Å²) in [4.78, 5) is 4.66. The molecule has 1 aromatic carbocycles. The Labute approximate surface area is 128 Å². The number of ether oxygens (including phenoxy) is 1. The van der Waals surface area contributed by atoms with Gasteiger partial charge in [-0.25, -0.2) is 4.98 Å². The van der Waals surface area contributed by atoms with E-state index in [1.165, 1.54) is 0 Å². The van der Waals surface area contributed by atoms with Crippen LogP contribution in [0.1, 0.15) is 4.88 Å². The van der Waals surface area contributed by atoms with Gasteiger partial charge in [0.05, 0.1) is 12.7 Å². The van der Waals surface area contributed by atoms with Gasteiger partial charge in [-0.15, -0.1) is 0 Å². The fraction of sp³-hybridized carbons (Fsp3) is 0.357. The van der Waals surface area contributed by atoms with Crippen LogP contribution in [0.5, 0.6) is 5.75 Å². The highest BCUT2D eigenvalue weighted by Crippen LogP contribution is 2.37. The van der Waals surface area contributed by atoms with Gasteiger partial charge in [-0.05, 0) is 12.1 Å². The smallest absolute Gasteiger partial charge is 0.427 e. The Morgan fingerprint density at radius 3 is 2.59 bits per heavy atom. The normalized spacial score (nSPS) is 22.1. The molecule has 0 saturated carbocycles. The Balaban J connectivity index is 1.69. The van der Waals surface area contributed by atoms with E-state index in [4.69, 9.17) is 4.74 Å². The van der Waals surface area contributed by atoms with Crippen molar-refractivity contribution in [3.05, 3.63) is 41.4 Å². The first-order valence-electron chi connectivity index (χ1n) is 6.61. The number of benzene rings is 1. The molecule has 118 valence electrons. The lowest BCUT2D eigenvalue weighted by Crippen LogP contribution is -2.29. The van der Waals surface area contributed by atoms with Crippen molar-refractivity contribution in [1.29, 1.82) is 0 Å². The van der Waals surface area contributed by atoms with E-state index in [2.05, 4.69) is 4.98 Å². The Kier molecular flexibility index (Phi) is 3.96. The number of β-amino-alcohol motifs (C(OH)–C–C–N with tert-alkyl or cyclic N) is 1. The van der Waals surface area contributed by atoms with Crippen molar-refractivity contribution in [2.45, 2.75) is 18.4 Å². The number of halogens is 3. The van der Waals surface area contributed by atoms with Crippen LogP contribution in [-0.2, 0) is 6.18 Å². The summed E-state index contributed by atoms with van der Waals surface area (Å²) < 4.78 is 43.5. The summed E-state index contributed by atoms with van der Waals surface area (Å²) in [5, 5.41) is 10.3. The first-order chi connectivity index (χ1) is 10.4. The summed E-state index contributed by atoms with van der Waals surface area (Å²) in [5.41, 5.74) is 0. The van der Waals surface area contributed by atoms with E-state index >= 15 is 0 Å². The van der Waals surface area contributed by atoms with E-state index in [0.29, 0.717) is 23.6 Å². The van der Waals surface area contributed by atoms with Gasteiger partial charge in [-0.2, -0.15) is 13.2 Å². The third-order valence-corrected chi connectivity index (χ3v) is 4.41. The van der Waals surface area contributed by atoms with Crippen LogP contribution in [0.15, 0.2) is 36.5 Å². The number of para-hydroxylation sites is 1. The number of anilines is 1. The zero-order valence-electron chi connectivity index (χ0n) is 11.3. The second-order valence-corrected chi connectivity index (χ2v) is 5.96. The van der Waals surface area contributed by atoms with Gasteiger partial charge in [0.15, 0.2) is 5.13 Å². The van der Waals surface area contributed by atoms with Gasteiger partial charge in [0, 0.05) is 6.54 Å². The predicted molar refractivity (Wildman–Crippen MR) is 76.2 cm³/mol. The van der Waals surface area contributed by atoms with Crippen molar-refractivity contribution >= 4 is 16.5 Å². The summed E-state index contributed by atoms with van der Waals surface area (Å²) in [6, 6.07) is 9.00. The molecular weight excluding hydrogens is 317 g/mol. The minimum atomic E-state index is -4.39. The maximum Gasteiger partial charge on any atom is 0.427 e. The largest absolute Gasteiger partial charge is 0.486 e. The van der Waals surface area contributed by atoms with Crippen LogP contribution in [0.4, 0.5) is 18.3 Å². The molecular formula is C14H13F3N2O2S. The number of aromatic nitrogens is 1. The number of alkyl halides is 3. The quantitative estimate of drug-likeness (QED) is 0.940. The molecule has 0 unspecified atom stereocenters. The van der Waals surface area contributed by atoms with Gasteiger partial charge >= 0.3 is 6.18 Å². The molecule has 3 rings (SSSR count). The molecule has 2 atom stereocenters. The van der Waals surface area contributed by atoms with Crippen LogP contribution >= 0.6 is 11.3 Å². The molecule has 2 aromatic rings. The molecule has 1 N–H and O–H groups in total. The number of rotatable bonds is 3. The molecule has 1 fully saturated rings. The van der Waals surface area contributed by atoms with Crippen LogP contribution in [0.25, 0.3) is 0 Å². The number of aliphatic hydroxyl groups is 1. The maximum absolute atomic E-state index is 12.6. The third-order valence-electron chi connectivity index (χ3n) is 3.31. The van der Waals surface area contributed by atoms with E-state index in [1.807, 2.05) is 18.2 Å². The molecule has 0 spiro atoms. The number of aliphatic hydroxyl groups excluding tert-OH is 1. The van der Waals surface area contributed by atoms with Crippen molar-refractivity contribution in [1.82, 2.24) is 4.98 Å². The van der Waals surface area contributed by atoms with Gasteiger partial charge in [-0.3, -0.25) is 0 Å². The molecule has 8 heteroatoms. The Morgan fingerprint density at radius 1 is 1.23 bits per heavy atom. The number of hydrogen-bond acceptors (Lipinski definition) is 5. The minimum absolute atomic E-state index is 0.197. The van der Waals surface area contributed by atoms with Gasteiger partial charge in [0.25, 0.3) is 0 Å². The van der Waals surface area contributed by atoms with Gasteiger partial charge in [0.2, 0.25) is 0 Å². The molecule has 0 bridgehead atoms. The van der Waals surface area contributed by atoms with Crippen LogP contribution in [0.2, 0.25) is 0 Å². The Bertz CT molecular complexity index is 633.